The normalized spacial score (nSPS) is 12.4. The maximum atomic E-state index is 5.98. The molecule has 0 aliphatic rings. The van der Waals surface area contributed by atoms with Gasteiger partial charge in [0.15, 0.2) is 0 Å². The van der Waals surface area contributed by atoms with Crippen LogP contribution in [0.25, 0.3) is 0 Å². The molecule has 0 aliphatic heterocycles. The number of hydrogen-bond donors (Lipinski definition) is 1. The molecular weight excluding hydrogens is 260 g/mol. The van der Waals surface area contributed by atoms with E-state index in [1.165, 1.54) is 5.56 Å². The van der Waals surface area contributed by atoms with Crippen molar-refractivity contribution in [2.45, 2.75) is 45.6 Å². The van der Waals surface area contributed by atoms with Crippen LogP contribution in [-0.4, -0.2) is 11.0 Å². The molecule has 112 valence electrons. The molecule has 21 heavy (non-hydrogen) atoms. The summed E-state index contributed by atoms with van der Waals surface area (Å²) in [5.74, 6) is 2.12. The Labute approximate surface area is 127 Å². The lowest BCUT2D eigenvalue weighted by atomic mass is 10.0. The Morgan fingerprint density at radius 2 is 1.81 bits per heavy atom. The van der Waals surface area contributed by atoms with Crippen molar-refractivity contribution in [1.29, 1.82) is 0 Å². The molecule has 0 bridgehead atoms. The molecule has 1 aromatic carbocycles. The predicted molar refractivity (Wildman–Crippen MR) is 86.8 cm³/mol. The molecule has 0 saturated carbocycles. The Hall–Kier alpha value is -1.87. The average molecular weight is 284 g/mol. The lowest BCUT2D eigenvalue weighted by Gasteiger charge is -2.11. The molecule has 0 fully saturated rings. The molecule has 1 atom stereocenters. The van der Waals surface area contributed by atoms with Gasteiger partial charge in [-0.1, -0.05) is 32.9 Å². The molecule has 1 heterocycles. The number of aromatic nitrogens is 1. The van der Waals surface area contributed by atoms with Gasteiger partial charge in [0.2, 0.25) is 0 Å². The van der Waals surface area contributed by atoms with E-state index in [0.717, 1.165) is 29.9 Å². The van der Waals surface area contributed by atoms with Crippen LogP contribution in [0.2, 0.25) is 0 Å². The molecule has 0 aliphatic carbocycles. The van der Waals surface area contributed by atoms with Gasteiger partial charge in [0.1, 0.15) is 11.5 Å². The largest absolute Gasteiger partial charge is 0.456 e. The first-order valence-corrected chi connectivity index (χ1v) is 7.55. The van der Waals surface area contributed by atoms with Gasteiger partial charge < -0.3 is 10.5 Å². The Kier molecular flexibility index (Phi) is 5.34. The molecule has 0 radical (unpaired) electrons. The van der Waals surface area contributed by atoms with Gasteiger partial charge in [0, 0.05) is 12.2 Å². The van der Waals surface area contributed by atoms with Crippen LogP contribution in [0.15, 0.2) is 42.7 Å². The standard InChI is InChI=1S/C18H24N2O/c1-4-16(19)9-14-10-18(12-20-11-14)21-17-7-5-15(6-8-17)13(2)3/h5-8,10-13,16H,4,9,19H2,1-3H3. The van der Waals surface area contributed by atoms with E-state index in [4.69, 9.17) is 10.5 Å². The van der Waals surface area contributed by atoms with Crippen molar-refractivity contribution in [1.82, 2.24) is 4.98 Å². The smallest absolute Gasteiger partial charge is 0.145 e. The number of nitrogens with two attached hydrogens (primary N) is 1. The Balaban J connectivity index is 2.07. The number of ether oxygens (including phenoxy) is 1. The van der Waals surface area contributed by atoms with E-state index in [1.54, 1.807) is 6.20 Å². The molecule has 0 spiro atoms. The molecule has 3 heteroatoms. The second-order valence-electron chi connectivity index (χ2n) is 5.73. The fraction of sp³-hybridized carbons (Fsp3) is 0.389. The summed E-state index contributed by atoms with van der Waals surface area (Å²) in [5.41, 5.74) is 8.40. The van der Waals surface area contributed by atoms with Crippen molar-refractivity contribution in [2.24, 2.45) is 5.73 Å². The van der Waals surface area contributed by atoms with E-state index in [9.17, 15) is 0 Å². The highest BCUT2D eigenvalue weighted by Gasteiger charge is 2.05. The minimum absolute atomic E-state index is 0.173. The summed E-state index contributed by atoms with van der Waals surface area (Å²) in [6, 6.07) is 10.4. The number of nitrogens with zero attached hydrogens (tertiary/aromatic N) is 1. The maximum absolute atomic E-state index is 5.98. The first-order valence-electron chi connectivity index (χ1n) is 7.55. The Bertz CT molecular complexity index is 564. The number of rotatable bonds is 6. The lowest BCUT2D eigenvalue weighted by Crippen LogP contribution is -2.21. The zero-order valence-corrected chi connectivity index (χ0v) is 13.0. The zero-order valence-electron chi connectivity index (χ0n) is 13.0. The SMILES string of the molecule is CCC(N)Cc1cncc(Oc2ccc(C(C)C)cc2)c1. The van der Waals surface area contributed by atoms with E-state index >= 15 is 0 Å². The third kappa shape index (κ3) is 4.57. The summed E-state index contributed by atoms with van der Waals surface area (Å²) in [5, 5.41) is 0. The van der Waals surface area contributed by atoms with E-state index in [-0.39, 0.29) is 6.04 Å². The van der Waals surface area contributed by atoms with Crippen molar-refractivity contribution in [3.05, 3.63) is 53.9 Å². The van der Waals surface area contributed by atoms with Crippen LogP contribution in [-0.2, 0) is 6.42 Å². The molecule has 3 nitrogen and oxygen atoms in total. The average Bonchev–Trinajstić information content (AvgIpc) is 2.48. The molecule has 2 aromatic rings. The minimum Gasteiger partial charge on any atom is -0.456 e. The van der Waals surface area contributed by atoms with Crippen molar-refractivity contribution in [3.63, 3.8) is 0 Å². The van der Waals surface area contributed by atoms with E-state index in [0.29, 0.717) is 5.92 Å². The van der Waals surface area contributed by atoms with Crippen molar-refractivity contribution < 1.29 is 4.74 Å². The van der Waals surface area contributed by atoms with E-state index in [2.05, 4.69) is 37.9 Å². The van der Waals surface area contributed by atoms with Crippen LogP contribution in [0.1, 0.15) is 44.2 Å². The van der Waals surface area contributed by atoms with Crippen LogP contribution < -0.4 is 10.5 Å². The van der Waals surface area contributed by atoms with Crippen LogP contribution in [0.5, 0.6) is 11.5 Å². The number of benzene rings is 1. The highest BCUT2D eigenvalue weighted by atomic mass is 16.5. The van der Waals surface area contributed by atoms with Crippen LogP contribution in [0.4, 0.5) is 0 Å². The summed E-state index contributed by atoms with van der Waals surface area (Å²) in [4.78, 5) is 4.23. The molecule has 2 N–H and O–H groups in total. The third-order valence-corrected chi connectivity index (χ3v) is 3.57. The quantitative estimate of drug-likeness (QED) is 0.861. The summed E-state index contributed by atoms with van der Waals surface area (Å²) in [6.45, 7) is 6.45. The van der Waals surface area contributed by atoms with Crippen LogP contribution in [0.3, 0.4) is 0 Å². The fourth-order valence-corrected chi connectivity index (χ4v) is 2.14. The van der Waals surface area contributed by atoms with Gasteiger partial charge in [-0.15, -0.1) is 0 Å². The lowest BCUT2D eigenvalue weighted by molar-refractivity contribution is 0.478. The van der Waals surface area contributed by atoms with Crippen molar-refractivity contribution >= 4 is 0 Å². The van der Waals surface area contributed by atoms with Gasteiger partial charge in [-0.25, -0.2) is 0 Å². The maximum Gasteiger partial charge on any atom is 0.145 e. The second kappa shape index (κ2) is 7.23. The van der Waals surface area contributed by atoms with Crippen molar-refractivity contribution in [3.8, 4) is 11.5 Å². The van der Waals surface area contributed by atoms with E-state index < -0.39 is 0 Å². The first-order chi connectivity index (χ1) is 10.1. The van der Waals surface area contributed by atoms with Gasteiger partial charge in [-0.3, -0.25) is 4.98 Å². The predicted octanol–water partition coefficient (Wildman–Crippen LogP) is 4.28. The topological polar surface area (TPSA) is 48.1 Å². The summed E-state index contributed by atoms with van der Waals surface area (Å²) in [6.07, 6.45) is 5.37. The third-order valence-electron chi connectivity index (χ3n) is 3.57. The molecule has 1 aromatic heterocycles. The fourth-order valence-electron chi connectivity index (χ4n) is 2.14. The Morgan fingerprint density at radius 1 is 1.10 bits per heavy atom. The van der Waals surface area contributed by atoms with Gasteiger partial charge in [0.05, 0.1) is 6.20 Å². The minimum atomic E-state index is 0.173. The monoisotopic (exact) mass is 284 g/mol. The zero-order chi connectivity index (χ0) is 15.2. The molecule has 0 amide bonds. The summed E-state index contributed by atoms with van der Waals surface area (Å²) >= 11 is 0. The number of hydrogen-bond acceptors (Lipinski definition) is 3. The van der Waals surface area contributed by atoms with Gasteiger partial charge in [-0.2, -0.15) is 0 Å². The molecule has 0 saturated heterocycles. The highest BCUT2D eigenvalue weighted by molar-refractivity contribution is 5.34. The molecular formula is C18H24N2O. The van der Waals surface area contributed by atoms with Gasteiger partial charge >= 0.3 is 0 Å². The van der Waals surface area contributed by atoms with E-state index in [1.807, 2.05) is 24.4 Å². The second-order valence-corrected chi connectivity index (χ2v) is 5.73. The summed E-state index contributed by atoms with van der Waals surface area (Å²) < 4.78 is 5.87. The van der Waals surface area contributed by atoms with Gasteiger partial charge in [-0.05, 0) is 48.1 Å². The Morgan fingerprint density at radius 3 is 2.43 bits per heavy atom. The molecule has 2 rings (SSSR count). The van der Waals surface area contributed by atoms with Crippen LogP contribution >= 0.6 is 0 Å². The first kappa shape index (κ1) is 15.5. The summed E-state index contributed by atoms with van der Waals surface area (Å²) in [7, 11) is 0. The van der Waals surface area contributed by atoms with Crippen molar-refractivity contribution in [2.75, 3.05) is 0 Å². The molecule has 1 unspecified atom stereocenters. The van der Waals surface area contributed by atoms with Crippen LogP contribution in [0, 0.1) is 0 Å². The highest BCUT2D eigenvalue weighted by Crippen LogP contribution is 2.24. The van der Waals surface area contributed by atoms with Gasteiger partial charge in [0.25, 0.3) is 0 Å². The number of pyridine rings is 1.